The predicted octanol–water partition coefficient (Wildman–Crippen LogP) is 2.87. The van der Waals surface area contributed by atoms with Crippen molar-refractivity contribution in [3.05, 3.63) is 23.7 Å². The van der Waals surface area contributed by atoms with E-state index in [1.54, 1.807) is 7.11 Å². The number of unbranched alkanes of at least 4 members (excludes halogenated alkanes) is 1. The molecule has 1 aromatic heterocycles. The van der Waals surface area contributed by atoms with Gasteiger partial charge in [-0.2, -0.15) is 5.26 Å². The molecule has 0 N–H and O–H groups in total. The van der Waals surface area contributed by atoms with Crippen molar-refractivity contribution in [2.24, 2.45) is 0 Å². The number of methoxy groups -OCH3 is 1. The molecule has 0 radical (unpaired) electrons. The minimum atomic E-state index is 0.384. The molecule has 1 fully saturated rings. The Labute approximate surface area is 108 Å². The fourth-order valence-corrected chi connectivity index (χ4v) is 2.57. The number of nitriles is 1. The minimum absolute atomic E-state index is 0.384. The monoisotopic (exact) mass is 248 g/mol. The second kappa shape index (κ2) is 6.58. The summed E-state index contributed by atoms with van der Waals surface area (Å²) in [6.07, 6.45) is 3.93. The van der Waals surface area contributed by atoms with Gasteiger partial charge in [-0.15, -0.1) is 0 Å². The molecule has 1 aliphatic rings. The largest absolute Gasteiger partial charge is 0.462 e. The molecule has 1 atom stereocenters. The molecular weight excluding hydrogens is 228 g/mol. The second-order valence-corrected chi connectivity index (χ2v) is 4.69. The van der Waals surface area contributed by atoms with Gasteiger partial charge in [-0.1, -0.05) is 0 Å². The molecule has 1 aromatic rings. The van der Waals surface area contributed by atoms with Gasteiger partial charge in [0.25, 0.3) is 0 Å². The van der Waals surface area contributed by atoms with E-state index < -0.39 is 0 Å². The lowest BCUT2D eigenvalue weighted by atomic mass is 10.1. The van der Waals surface area contributed by atoms with E-state index in [2.05, 4.69) is 17.0 Å². The van der Waals surface area contributed by atoms with Gasteiger partial charge < -0.3 is 9.15 Å². The molecule has 0 aromatic carbocycles. The maximum atomic E-state index is 8.58. The van der Waals surface area contributed by atoms with E-state index in [-0.39, 0.29) is 0 Å². The SMILES string of the molecule is COCc1ccc(C2CCCN2CCCC#N)o1. The van der Waals surface area contributed by atoms with Crippen LogP contribution in [0.25, 0.3) is 0 Å². The average Bonchev–Trinajstić information content (AvgIpc) is 2.98. The van der Waals surface area contributed by atoms with Crippen molar-refractivity contribution in [3.8, 4) is 6.07 Å². The Morgan fingerprint density at radius 1 is 1.56 bits per heavy atom. The molecule has 4 nitrogen and oxygen atoms in total. The van der Waals surface area contributed by atoms with Crippen LogP contribution in [0.15, 0.2) is 16.5 Å². The molecule has 1 unspecified atom stereocenters. The fourth-order valence-electron chi connectivity index (χ4n) is 2.57. The van der Waals surface area contributed by atoms with E-state index in [0.717, 1.165) is 37.5 Å². The van der Waals surface area contributed by atoms with Crippen molar-refractivity contribution >= 4 is 0 Å². The van der Waals surface area contributed by atoms with Gasteiger partial charge in [-0.3, -0.25) is 4.90 Å². The predicted molar refractivity (Wildman–Crippen MR) is 67.8 cm³/mol. The molecule has 1 saturated heterocycles. The van der Waals surface area contributed by atoms with Gasteiger partial charge in [0.2, 0.25) is 0 Å². The zero-order chi connectivity index (χ0) is 12.8. The Bertz CT molecular complexity index is 408. The molecule has 0 bridgehead atoms. The maximum absolute atomic E-state index is 8.58. The van der Waals surface area contributed by atoms with Crippen LogP contribution in [0, 0.1) is 11.3 Å². The molecule has 0 saturated carbocycles. The van der Waals surface area contributed by atoms with Crippen LogP contribution in [-0.4, -0.2) is 25.1 Å². The van der Waals surface area contributed by atoms with Gasteiger partial charge in [0.05, 0.1) is 12.1 Å². The Balaban J connectivity index is 1.95. The number of hydrogen-bond acceptors (Lipinski definition) is 4. The van der Waals surface area contributed by atoms with Crippen LogP contribution in [0.1, 0.15) is 43.2 Å². The Morgan fingerprint density at radius 3 is 3.22 bits per heavy atom. The van der Waals surface area contributed by atoms with E-state index in [1.165, 1.54) is 6.42 Å². The van der Waals surface area contributed by atoms with E-state index >= 15 is 0 Å². The van der Waals surface area contributed by atoms with Gasteiger partial charge in [0.1, 0.15) is 18.1 Å². The van der Waals surface area contributed by atoms with Crippen LogP contribution >= 0.6 is 0 Å². The summed E-state index contributed by atoms with van der Waals surface area (Å²) in [5, 5.41) is 8.58. The lowest BCUT2D eigenvalue weighted by molar-refractivity contribution is 0.156. The summed E-state index contributed by atoms with van der Waals surface area (Å²) in [5.41, 5.74) is 0. The van der Waals surface area contributed by atoms with Gasteiger partial charge in [0, 0.05) is 13.5 Å². The number of furan rings is 1. The maximum Gasteiger partial charge on any atom is 0.129 e. The highest BCUT2D eigenvalue weighted by molar-refractivity contribution is 5.11. The standard InChI is InChI=1S/C14H20N2O2/c1-17-11-12-6-7-14(18-12)13-5-4-10-16(13)9-3-2-8-15/h6-7,13H,2-5,9-11H2,1H3. The zero-order valence-electron chi connectivity index (χ0n) is 10.9. The first-order valence-corrected chi connectivity index (χ1v) is 6.53. The van der Waals surface area contributed by atoms with Crippen LogP contribution in [0.5, 0.6) is 0 Å². The lowest BCUT2D eigenvalue weighted by Crippen LogP contribution is -2.24. The Kier molecular flexibility index (Phi) is 4.80. The molecule has 98 valence electrons. The minimum Gasteiger partial charge on any atom is -0.462 e. The number of likely N-dealkylation sites (tertiary alicyclic amines) is 1. The summed E-state index contributed by atoms with van der Waals surface area (Å²) in [6, 6.07) is 6.63. The van der Waals surface area contributed by atoms with Gasteiger partial charge in [-0.05, 0) is 44.5 Å². The van der Waals surface area contributed by atoms with Crippen molar-refractivity contribution in [3.63, 3.8) is 0 Å². The lowest BCUT2D eigenvalue weighted by Gasteiger charge is -2.22. The molecule has 0 spiro atoms. The van der Waals surface area contributed by atoms with Crippen LogP contribution in [0.2, 0.25) is 0 Å². The number of ether oxygens (including phenoxy) is 1. The molecular formula is C14H20N2O2. The van der Waals surface area contributed by atoms with Gasteiger partial charge in [0.15, 0.2) is 0 Å². The summed E-state index contributed by atoms with van der Waals surface area (Å²) < 4.78 is 10.9. The van der Waals surface area contributed by atoms with Crippen LogP contribution in [0.3, 0.4) is 0 Å². The molecule has 0 aliphatic carbocycles. The third kappa shape index (κ3) is 3.12. The number of nitrogens with zero attached hydrogens (tertiary/aromatic N) is 2. The van der Waals surface area contributed by atoms with Crippen molar-refractivity contribution in [1.82, 2.24) is 4.90 Å². The third-order valence-electron chi connectivity index (χ3n) is 3.40. The smallest absolute Gasteiger partial charge is 0.129 e. The second-order valence-electron chi connectivity index (χ2n) is 4.69. The highest BCUT2D eigenvalue weighted by Gasteiger charge is 2.27. The molecule has 2 rings (SSSR count). The Morgan fingerprint density at radius 2 is 2.44 bits per heavy atom. The van der Waals surface area contributed by atoms with Crippen molar-refractivity contribution < 1.29 is 9.15 Å². The summed E-state index contributed by atoms with van der Waals surface area (Å²) >= 11 is 0. The van der Waals surface area contributed by atoms with Crippen LogP contribution in [0.4, 0.5) is 0 Å². The van der Waals surface area contributed by atoms with Crippen molar-refractivity contribution in [2.75, 3.05) is 20.2 Å². The van der Waals surface area contributed by atoms with Crippen molar-refractivity contribution in [2.45, 2.75) is 38.3 Å². The fraction of sp³-hybridized carbons (Fsp3) is 0.643. The summed E-state index contributed by atoms with van der Waals surface area (Å²) in [6.45, 7) is 2.62. The first kappa shape index (κ1) is 13.1. The van der Waals surface area contributed by atoms with Crippen molar-refractivity contribution in [1.29, 1.82) is 5.26 Å². The molecule has 2 heterocycles. The van der Waals surface area contributed by atoms with E-state index in [9.17, 15) is 0 Å². The van der Waals surface area contributed by atoms with E-state index in [0.29, 0.717) is 19.1 Å². The zero-order valence-corrected chi connectivity index (χ0v) is 10.9. The van der Waals surface area contributed by atoms with E-state index in [1.807, 2.05) is 6.07 Å². The first-order chi connectivity index (χ1) is 8.85. The Hall–Kier alpha value is -1.31. The summed E-state index contributed by atoms with van der Waals surface area (Å²) in [4.78, 5) is 2.42. The number of hydrogen-bond donors (Lipinski definition) is 0. The topological polar surface area (TPSA) is 49.4 Å². The highest BCUT2D eigenvalue weighted by Crippen LogP contribution is 2.33. The third-order valence-corrected chi connectivity index (χ3v) is 3.40. The quantitative estimate of drug-likeness (QED) is 0.726. The normalized spacial score (nSPS) is 20.1. The van der Waals surface area contributed by atoms with Gasteiger partial charge >= 0.3 is 0 Å². The highest BCUT2D eigenvalue weighted by atomic mass is 16.5. The summed E-state index contributed by atoms with van der Waals surface area (Å²) in [7, 11) is 1.67. The molecule has 18 heavy (non-hydrogen) atoms. The molecule has 0 amide bonds. The number of rotatable bonds is 6. The average molecular weight is 248 g/mol. The van der Waals surface area contributed by atoms with Crippen LogP contribution in [-0.2, 0) is 11.3 Å². The van der Waals surface area contributed by atoms with Crippen LogP contribution < -0.4 is 0 Å². The first-order valence-electron chi connectivity index (χ1n) is 6.53. The molecule has 1 aliphatic heterocycles. The van der Waals surface area contributed by atoms with E-state index in [4.69, 9.17) is 14.4 Å². The molecule has 4 heteroatoms. The summed E-state index contributed by atoms with van der Waals surface area (Å²) in [5.74, 6) is 1.92. The van der Waals surface area contributed by atoms with Gasteiger partial charge in [-0.25, -0.2) is 0 Å².